The predicted octanol–water partition coefficient (Wildman–Crippen LogP) is 5.09. The van der Waals surface area contributed by atoms with E-state index in [-0.39, 0.29) is 11.9 Å². The van der Waals surface area contributed by atoms with Crippen LogP contribution in [0.2, 0.25) is 5.02 Å². The summed E-state index contributed by atoms with van der Waals surface area (Å²) in [5, 5.41) is 3.68. The highest BCUT2D eigenvalue weighted by Gasteiger charge is 2.13. The molecule has 1 unspecified atom stereocenters. The van der Waals surface area contributed by atoms with E-state index in [0.29, 0.717) is 17.0 Å². The standard InChI is InChI=1S/C17H19ClFNS/c1-3-21-15-8-5-12(6-9-15)17(20-2)10-13-4-7-14(18)11-16(13)19/h4-9,11,17,20H,3,10H2,1-2H3. The summed E-state index contributed by atoms with van der Waals surface area (Å²) in [5.74, 6) is 0.811. The van der Waals surface area contributed by atoms with Gasteiger partial charge in [0.05, 0.1) is 0 Å². The minimum Gasteiger partial charge on any atom is -0.313 e. The molecule has 2 rings (SSSR count). The monoisotopic (exact) mass is 323 g/mol. The highest BCUT2D eigenvalue weighted by Crippen LogP contribution is 2.24. The molecule has 0 aromatic heterocycles. The van der Waals surface area contributed by atoms with Crippen molar-refractivity contribution in [2.45, 2.75) is 24.3 Å². The van der Waals surface area contributed by atoms with Crippen molar-refractivity contribution < 1.29 is 4.39 Å². The van der Waals surface area contributed by atoms with Crippen LogP contribution in [0, 0.1) is 5.82 Å². The Bertz CT molecular complexity index is 586. The third kappa shape index (κ3) is 4.47. The van der Waals surface area contributed by atoms with Gasteiger partial charge in [0, 0.05) is 16.0 Å². The topological polar surface area (TPSA) is 12.0 Å². The summed E-state index contributed by atoms with van der Waals surface area (Å²) in [6.07, 6.45) is 0.597. The number of rotatable bonds is 6. The second-order valence-electron chi connectivity index (χ2n) is 4.78. The normalized spacial score (nSPS) is 12.4. The van der Waals surface area contributed by atoms with E-state index in [1.807, 2.05) is 18.8 Å². The van der Waals surface area contributed by atoms with Crippen molar-refractivity contribution in [2.24, 2.45) is 0 Å². The molecule has 4 heteroatoms. The summed E-state index contributed by atoms with van der Waals surface area (Å²) in [6.45, 7) is 2.14. The van der Waals surface area contributed by atoms with Crippen molar-refractivity contribution in [3.8, 4) is 0 Å². The van der Waals surface area contributed by atoms with E-state index in [2.05, 4.69) is 36.5 Å². The summed E-state index contributed by atoms with van der Waals surface area (Å²) in [6, 6.07) is 13.4. The molecule has 2 aromatic carbocycles. The van der Waals surface area contributed by atoms with Crippen molar-refractivity contribution in [2.75, 3.05) is 12.8 Å². The number of likely N-dealkylation sites (N-methyl/N-ethyl adjacent to an activating group) is 1. The zero-order chi connectivity index (χ0) is 15.2. The molecule has 0 saturated carbocycles. The van der Waals surface area contributed by atoms with E-state index in [9.17, 15) is 4.39 Å². The Balaban J connectivity index is 2.15. The fourth-order valence-electron chi connectivity index (χ4n) is 2.26. The van der Waals surface area contributed by atoms with Crippen molar-refractivity contribution in [1.29, 1.82) is 0 Å². The zero-order valence-electron chi connectivity index (χ0n) is 12.2. The Kier molecular flexibility index (Phi) is 6.09. The second kappa shape index (κ2) is 7.83. The van der Waals surface area contributed by atoms with E-state index >= 15 is 0 Å². The molecule has 21 heavy (non-hydrogen) atoms. The van der Waals surface area contributed by atoms with Crippen LogP contribution in [-0.2, 0) is 6.42 Å². The first kappa shape index (κ1) is 16.3. The van der Waals surface area contributed by atoms with Gasteiger partial charge in [0.1, 0.15) is 5.82 Å². The number of nitrogens with one attached hydrogen (secondary N) is 1. The van der Waals surface area contributed by atoms with Crippen molar-refractivity contribution in [3.63, 3.8) is 0 Å². The van der Waals surface area contributed by atoms with Crippen LogP contribution in [0.15, 0.2) is 47.4 Å². The molecule has 112 valence electrons. The Morgan fingerprint density at radius 1 is 1.19 bits per heavy atom. The van der Waals surface area contributed by atoms with Gasteiger partial charge in [-0.05, 0) is 54.6 Å². The van der Waals surface area contributed by atoms with Crippen LogP contribution in [0.4, 0.5) is 4.39 Å². The fraction of sp³-hybridized carbons (Fsp3) is 0.294. The Morgan fingerprint density at radius 2 is 1.90 bits per heavy atom. The van der Waals surface area contributed by atoms with Crippen LogP contribution < -0.4 is 5.32 Å². The summed E-state index contributed by atoms with van der Waals surface area (Å²) < 4.78 is 13.9. The van der Waals surface area contributed by atoms with Crippen LogP contribution in [-0.4, -0.2) is 12.8 Å². The number of benzene rings is 2. The van der Waals surface area contributed by atoms with Crippen molar-refractivity contribution in [3.05, 3.63) is 64.4 Å². The molecule has 0 aliphatic carbocycles. The molecule has 0 bridgehead atoms. The lowest BCUT2D eigenvalue weighted by Crippen LogP contribution is -2.19. The molecule has 0 spiro atoms. The third-order valence-electron chi connectivity index (χ3n) is 3.38. The molecule has 0 aliphatic rings. The van der Waals surface area contributed by atoms with Gasteiger partial charge >= 0.3 is 0 Å². The van der Waals surface area contributed by atoms with E-state index < -0.39 is 0 Å². The van der Waals surface area contributed by atoms with Crippen LogP contribution in [0.1, 0.15) is 24.1 Å². The van der Waals surface area contributed by atoms with Gasteiger partial charge < -0.3 is 5.32 Å². The number of hydrogen-bond donors (Lipinski definition) is 1. The maximum absolute atomic E-state index is 13.9. The van der Waals surface area contributed by atoms with Gasteiger partial charge in [0.15, 0.2) is 0 Å². The Labute approximate surface area is 134 Å². The fourth-order valence-corrected chi connectivity index (χ4v) is 3.08. The van der Waals surface area contributed by atoms with E-state index in [4.69, 9.17) is 11.6 Å². The largest absolute Gasteiger partial charge is 0.313 e. The summed E-state index contributed by atoms with van der Waals surface area (Å²) in [5.41, 5.74) is 1.83. The van der Waals surface area contributed by atoms with Crippen LogP contribution in [0.25, 0.3) is 0 Å². The first-order chi connectivity index (χ1) is 10.1. The molecular weight excluding hydrogens is 305 g/mol. The number of halogens is 2. The zero-order valence-corrected chi connectivity index (χ0v) is 13.8. The lowest BCUT2D eigenvalue weighted by atomic mass is 9.99. The molecular formula is C17H19ClFNS. The molecule has 0 heterocycles. The molecule has 0 radical (unpaired) electrons. The molecule has 1 atom stereocenters. The van der Waals surface area contributed by atoms with Gasteiger partial charge in [-0.3, -0.25) is 0 Å². The Hall–Kier alpha value is -1.03. The smallest absolute Gasteiger partial charge is 0.127 e. The van der Waals surface area contributed by atoms with Gasteiger partial charge in [0.25, 0.3) is 0 Å². The van der Waals surface area contributed by atoms with Gasteiger partial charge in [-0.25, -0.2) is 4.39 Å². The molecule has 1 nitrogen and oxygen atoms in total. The highest BCUT2D eigenvalue weighted by atomic mass is 35.5. The van der Waals surface area contributed by atoms with E-state index in [1.54, 1.807) is 12.1 Å². The summed E-state index contributed by atoms with van der Waals surface area (Å²) >= 11 is 7.61. The average Bonchev–Trinajstić information content (AvgIpc) is 2.48. The van der Waals surface area contributed by atoms with Crippen molar-refractivity contribution >= 4 is 23.4 Å². The highest BCUT2D eigenvalue weighted by molar-refractivity contribution is 7.99. The first-order valence-electron chi connectivity index (χ1n) is 6.98. The lowest BCUT2D eigenvalue weighted by Gasteiger charge is -2.17. The van der Waals surface area contributed by atoms with Gasteiger partial charge in [-0.1, -0.05) is 36.7 Å². The van der Waals surface area contributed by atoms with Crippen LogP contribution in [0.3, 0.4) is 0 Å². The molecule has 1 N–H and O–H groups in total. The minimum atomic E-state index is -0.249. The summed E-state index contributed by atoms with van der Waals surface area (Å²) in [4.78, 5) is 1.26. The van der Waals surface area contributed by atoms with Crippen LogP contribution >= 0.6 is 23.4 Å². The van der Waals surface area contributed by atoms with Gasteiger partial charge in [-0.15, -0.1) is 11.8 Å². The Morgan fingerprint density at radius 3 is 2.48 bits per heavy atom. The molecule has 0 amide bonds. The second-order valence-corrected chi connectivity index (χ2v) is 6.56. The quantitative estimate of drug-likeness (QED) is 0.743. The average molecular weight is 324 g/mol. The molecule has 0 saturated heterocycles. The summed E-state index contributed by atoms with van der Waals surface area (Å²) in [7, 11) is 1.90. The van der Waals surface area contributed by atoms with Gasteiger partial charge in [0.2, 0.25) is 0 Å². The minimum absolute atomic E-state index is 0.0846. The number of thioether (sulfide) groups is 1. The molecule has 2 aromatic rings. The lowest BCUT2D eigenvalue weighted by molar-refractivity contribution is 0.554. The van der Waals surface area contributed by atoms with E-state index in [0.717, 1.165) is 11.3 Å². The first-order valence-corrected chi connectivity index (χ1v) is 8.34. The third-order valence-corrected chi connectivity index (χ3v) is 4.51. The molecule has 0 aliphatic heterocycles. The SMILES string of the molecule is CCSc1ccc(C(Cc2ccc(Cl)cc2F)NC)cc1. The van der Waals surface area contributed by atoms with Crippen molar-refractivity contribution in [1.82, 2.24) is 5.32 Å². The molecule has 0 fully saturated rings. The van der Waals surface area contributed by atoms with E-state index in [1.165, 1.54) is 11.0 Å². The maximum atomic E-state index is 13.9. The number of hydrogen-bond acceptors (Lipinski definition) is 2. The maximum Gasteiger partial charge on any atom is 0.127 e. The predicted molar refractivity (Wildman–Crippen MR) is 89.8 cm³/mol. The van der Waals surface area contributed by atoms with Gasteiger partial charge in [-0.2, -0.15) is 0 Å². The van der Waals surface area contributed by atoms with Crippen LogP contribution in [0.5, 0.6) is 0 Å².